The van der Waals surface area contributed by atoms with Gasteiger partial charge >= 0.3 is 5.69 Å². The highest BCUT2D eigenvalue weighted by atomic mass is 16.6. The molecule has 0 saturated carbocycles. The van der Waals surface area contributed by atoms with Crippen molar-refractivity contribution >= 4 is 17.3 Å². The number of methoxy groups -OCH3 is 1. The van der Waals surface area contributed by atoms with Crippen molar-refractivity contribution in [2.45, 2.75) is 39.5 Å². The van der Waals surface area contributed by atoms with Crippen LogP contribution in [-0.2, 0) is 4.79 Å². The number of phenolic OH excluding ortho intramolecular Hbond substituents is 1. The standard InChI is InChI=1S/C26H26N4O5/c1-14-21-22(15-10-18(30(33)34)24(32)20(11-15)35-4)23-17(12-26(2,3)13-19(23)31)27-25(21)29(28-14)16-8-6-5-7-9-16/h5-11,22,27,32H,12-13H2,1-4H3. The van der Waals surface area contributed by atoms with Crippen LogP contribution in [0, 0.1) is 22.5 Å². The number of rotatable bonds is 4. The molecule has 1 atom stereocenters. The first-order valence-corrected chi connectivity index (χ1v) is 11.3. The van der Waals surface area contributed by atoms with Gasteiger partial charge in [-0.05, 0) is 42.5 Å². The van der Waals surface area contributed by atoms with E-state index in [0.29, 0.717) is 29.7 Å². The van der Waals surface area contributed by atoms with Crippen LogP contribution in [0.5, 0.6) is 11.5 Å². The quantitative estimate of drug-likeness (QED) is 0.403. The number of para-hydroxylation sites is 1. The molecule has 2 aromatic carbocycles. The van der Waals surface area contributed by atoms with Gasteiger partial charge in [0.1, 0.15) is 5.82 Å². The Hall–Kier alpha value is -4.14. The van der Waals surface area contributed by atoms with Crippen LogP contribution in [0.4, 0.5) is 11.5 Å². The maximum atomic E-state index is 13.5. The number of aromatic nitrogens is 2. The van der Waals surface area contributed by atoms with Gasteiger partial charge in [0.05, 0.1) is 23.4 Å². The van der Waals surface area contributed by atoms with E-state index in [1.165, 1.54) is 13.2 Å². The van der Waals surface area contributed by atoms with Crippen molar-refractivity contribution < 1.29 is 19.6 Å². The summed E-state index contributed by atoms with van der Waals surface area (Å²) in [6.07, 6.45) is 1.00. The van der Waals surface area contributed by atoms with Crippen LogP contribution in [0.3, 0.4) is 0 Å². The number of nitrogens with zero attached hydrogens (tertiary/aromatic N) is 3. The van der Waals surface area contributed by atoms with Crippen LogP contribution < -0.4 is 10.1 Å². The van der Waals surface area contributed by atoms with Crippen molar-refractivity contribution in [1.82, 2.24) is 9.78 Å². The lowest BCUT2D eigenvalue weighted by molar-refractivity contribution is -0.386. The molecule has 9 nitrogen and oxygen atoms in total. The Balaban J connectivity index is 1.81. The predicted octanol–water partition coefficient (Wildman–Crippen LogP) is 5.00. The molecule has 5 rings (SSSR count). The number of fused-ring (bicyclic) bond motifs is 1. The molecule has 1 aliphatic carbocycles. The van der Waals surface area contributed by atoms with Crippen molar-refractivity contribution in [2.24, 2.45) is 5.41 Å². The second-order valence-electron chi connectivity index (χ2n) is 9.83. The molecule has 35 heavy (non-hydrogen) atoms. The van der Waals surface area contributed by atoms with Gasteiger partial charge in [0.2, 0.25) is 5.75 Å². The van der Waals surface area contributed by atoms with Crippen LogP contribution in [0.25, 0.3) is 5.69 Å². The third-order valence-electron chi connectivity index (χ3n) is 6.70. The Kier molecular flexibility index (Phi) is 5.16. The van der Waals surface area contributed by atoms with Crippen molar-refractivity contribution in [1.29, 1.82) is 0 Å². The zero-order valence-electron chi connectivity index (χ0n) is 20.0. The summed E-state index contributed by atoms with van der Waals surface area (Å²) in [7, 11) is 1.34. The van der Waals surface area contributed by atoms with E-state index in [4.69, 9.17) is 9.84 Å². The number of hydrogen-bond donors (Lipinski definition) is 2. The molecular formula is C26H26N4O5. The first kappa shape index (κ1) is 22.6. The van der Waals surface area contributed by atoms with E-state index in [9.17, 15) is 20.0 Å². The highest BCUT2D eigenvalue weighted by Gasteiger charge is 2.43. The number of phenols is 1. The van der Waals surface area contributed by atoms with Crippen molar-refractivity contribution in [3.05, 3.63) is 80.7 Å². The molecule has 2 aliphatic rings. The SMILES string of the molecule is COc1cc(C2C3=C(CC(C)(C)CC3=O)Nc3c2c(C)nn3-c2ccccc2)cc([N+](=O)[O-])c1O. The molecule has 0 fully saturated rings. The van der Waals surface area contributed by atoms with Crippen LogP contribution in [-0.4, -0.2) is 32.7 Å². The number of nitro groups is 1. The summed E-state index contributed by atoms with van der Waals surface area (Å²) in [5.41, 5.74) is 3.45. The maximum Gasteiger partial charge on any atom is 0.314 e. The van der Waals surface area contributed by atoms with Gasteiger partial charge in [-0.2, -0.15) is 5.10 Å². The zero-order valence-corrected chi connectivity index (χ0v) is 20.0. The number of nitrogens with one attached hydrogen (secondary N) is 1. The first-order chi connectivity index (χ1) is 16.6. The number of allylic oxidation sites excluding steroid dienone is 2. The summed E-state index contributed by atoms with van der Waals surface area (Å²) in [6, 6.07) is 12.5. The minimum atomic E-state index is -0.648. The average Bonchev–Trinajstić information content (AvgIpc) is 3.13. The topological polar surface area (TPSA) is 120 Å². The van der Waals surface area contributed by atoms with Gasteiger partial charge in [-0.3, -0.25) is 14.9 Å². The Morgan fingerprint density at radius 2 is 1.94 bits per heavy atom. The number of anilines is 1. The number of aryl methyl sites for hydroxylation is 1. The first-order valence-electron chi connectivity index (χ1n) is 11.3. The summed E-state index contributed by atoms with van der Waals surface area (Å²) in [6.45, 7) is 5.96. The number of nitro benzene ring substituents is 1. The maximum absolute atomic E-state index is 13.5. The van der Waals surface area contributed by atoms with Crippen LogP contribution in [0.1, 0.15) is 49.4 Å². The fourth-order valence-electron chi connectivity index (χ4n) is 5.24. The third-order valence-corrected chi connectivity index (χ3v) is 6.70. The van der Waals surface area contributed by atoms with Gasteiger partial charge < -0.3 is 15.2 Å². The van der Waals surface area contributed by atoms with Gasteiger partial charge in [-0.15, -0.1) is 0 Å². The molecule has 2 heterocycles. The number of benzene rings is 2. The van der Waals surface area contributed by atoms with E-state index in [1.807, 2.05) is 37.3 Å². The van der Waals surface area contributed by atoms with Crippen LogP contribution in [0.15, 0.2) is 53.7 Å². The second kappa shape index (κ2) is 7.97. The van der Waals surface area contributed by atoms with Gasteiger partial charge in [-0.1, -0.05) is 32.0 Å². The summed E-state index contributed by atoms with van der Waals surface area (Å²) in [4.78, 5) is 24.6. The Labute approximate surface area is 202 Å². The Morgan fingerprint density at radius 3 is 2.60 bits per heavy atom. The molecule has 0 spiro atoms. The molecule has 1 aromatic heterocycles. The van der Waals surface area contributed by atoms with Gasteiger partial charge in [0, 0.05) is 35.2 Å². The normalized spacial score (nSPS) is 18.5. The predicted molar refractivity (Wildman–Crippen MR) is 130 cm³/mol. The van der Waals surface area contributed by atoms with Crippen molar-refractivity contribution in [3.63, 3.8) is 0 Å². The van der Waals surface area contributed by atoms with Crippen LogP contribution >= 0.6 is 0 Å². The molecular weight excluding hydrogens is 448 g/mol. The van der Waals surface area contributed by atoms with E-state index in [2.05, 4.69) is 19.2 Å². The molecule has 0 bridgehead atoms. The number of ketones is 1. The summed E-state index contributed by atoms with van der Waals surface area (Å²) in [5, 5.41) is 30.4. The number of Topliss-reactive ketones (excluding diaryl/α,β-unsaturated/α-hetero) is 1. The Bertz CT molecular complexity index is 1400. The number of ether oxygens (including phenoxy) is 1. The van der Waals surface area contributed by atoms with E-state index >= 15 is 0 Å². The molecule has 1 unspecified atom stereocenters. The molecule has 9 heteroatoms. The molecule has 1 aliphatic heterocycles. The Morgan fingerprint density at radius 1 is 1.23 bits per heavy atom. The lowest BCUT2D eigenvalue weighted by atomic mass is 9.69. The van der Waals surface area contributed by atoms with Crippen molar-refractivity contribution in [2.75, 3.05) is 12.4 Å². The summed E-state index contributed by atoms with van der Waals surface area (Å²) >= 11 is 0. The fraction of sp³-hybridized carbons (Fsp3) is 0.308. The second-order valence-corrected chi connectivity index (χ2v) is 9.83. The highest BCUT2D eigenvalue weighted by molar-refractivity contribution is 6.01. The highest BCUT2D eigenvalue weighted by Crippen LogP contribution is 2.52. The van der Waals surface area contributed by atoms with Gasteiger partial charge in [0.25, 0.3) is 0 Å². The zero-order chi connectivity index (χ0) is 25.1. The lowest BCUT2D eigenvalue weighted by Gasteiger charge is -2.38. The molecule has 0 saturated heterocycles. The van der Waals surface area contributed by atoms with Crippen LogP contribution in [0.2, 0.25) is 0 Å². The van der Waals surface area contributed by atoms with Gasteiger partial charge in [-0.25, -0.2) is 4.68 Å². The van der Waals surface area contributed by atoms with E-state index in [-0.39, 0.29) is 16.9 Å². The van der Waals surface area contributed by atoms with Gasteiger partial charge in [0.15, 0.2) is 11.5 Å². The minimum absolute atomic E-state index is 0.0130. The smallest absolute Gasteiger partial charge is 0.314 e. The fourth-order valence-corrected chi connectivity index (χ4v) is 5.24. The summed E-state index contributed by atoms with van der Waals surface area (Å²) in [5.74, 6) is -0.459. The van der Waals surface area contributed by atoms with E-state index in [1.54, 1.807) is 10.7 Å². The molecule has 180 valence electrons. The van der Waals surface area contributed by atoms with E-state index < -0.39 is 22.3 Å². The lowest BCUT2D eigenvalue weighted by Crippen LogP contribution is -2.34. The third kappa shape index (κ3) is 3.63. The van der Waals surface area contributed by atoms with E-state index in [0.717, 1.165) is 22.8 Å². The van der Waals surface area contributed by atoms with Crippen molar-refractivity contribution in [3.8, 4) is 17.2 Å². The number of carbonyl (C=O) groups is 1. The molecule has 2 N–H and O–H groups in total. The number of hydrogen-bond acceptors (Lipinski definition) is 7. The summed E-state index contributed by atoms with van der Waals surface area (Å²) < 4.78 is 7.07. The molecule has 3 aromatic rings. The largest absolute Gasteiger partial charge is 0.500 e. The monoisotopic (exact) mass is 474 g/mol. The molecule has 0 amide bonds. The number of carbonyl (C=O) groups excluding carboxylic acids is 1. The average molecular weight is 475 g/mol. The number of aromatic hydroxyl groups is 1. The molecule has 0 radical (unpaired) electrons. The minimum Gasteiger partial charge on any atom is -0.500 e.